The van der Waals surface area contributed by atoms with E-state index in [4.69, 9.17) is 9.47 Å². The van der Waals surface area contributed by atoms with Crippen LogP contribution < -0.4 is 9.47 Å². The third-order valence-corrected chi connectivity index (χ3v) is 6.19. The molecule has 0 saturated carbocycles. The molecule has 0 saturated heterocycles. The summed E-state index contributed by atoms with van der Waals surface area (Å²) in [6.07, 6.45) is 3.93. The van der Waals surface area contributed by atoms with Crippen molar-refractivity contribution in [2.75, 3.05) is 0 Å². The van der Waals surface area contributed by atoms with Crippen LogP contribution in [0.1, 0.15) is 27.0 Å². The van der Waals surface area contributed by atoms with Crippen LogP contribution in [0.2, 0.25) is 0 Å². The summed E-state index contributed by atoms with van der Waals surface area (Å²) in [6.45, 7) is 1.21. The van der Waals surface area contributed by atoms with Crippen LogP contribution in [0.25, 0.3) is 17.0 Å². The van der Waals surface area contributed by atoms with Gasteiger partial charge in [0.1, 0.15) is 18.1 Å². The number of para-hydroxylation sites is 1. The zero-order valence-electron chi connectivity index (χ0n) is 19.1. The van der Waals surface area contributed by atoms with Gasteiger partial charge in [-0.25, -0.2) is 0 Å². The highest BCUT2D eigenvalue weighted by Gasteiger charge is 2.28. The lowest BCUT2D eigenvalue weighted by molar-refractivity contribution is 0.101. The fourth-order valence-electron chi connectivity index (χ4n) is 4.44. The number of hydrogen-bond acceptors (Lipinski definition) is 3. The summed E-state index contributed by atoms with van der Waals surface area (Å²) in [6, 6.07) is 33.9. The van der Waals surface area contributed by atoms with Gasteiger partial charge in [0, 0.05) is 35.3 Å². The second-order valence-corrected chi connectivity index (χ2v) is 8.59. The van der Waals surface area contributed by atoms with Gasteiger partial charge in [0.2, 0.25) is 5.78 Å². The second kappa shape index (κ2) is 8.99. The average molecular weight is 458 g/mol. The molecule has 1 aliphatic heterocycles. The molecule has 6 rings (SSSR count). The van der Waals surface area contributed by atoms with Crippen LogP contribution in [0.3, 0.4) is 0 Å². The monoisotopic (exact) mass is 457 g/mol. The van der Waals surface area contributed by atoms with Crippen LogP contribution >= 0.6 is 0 Å². The van der Waals surface area contributed by atoms with Crippen molar-refractivity contribution in [2.24, 2.45) is 0 Å². The summed E-state index contributed by atoms with van der Waals surface area (Å²) >= 11 is 0. The quantitative estimate of drug-likeness (QED) is 0.261. The molecule has 170 valence electrons. The van der Waals surface area contributed by atoms with E-state index >= 15 is 0 Å². The van der Waals surface area contributed by atoms with Gasteiger partial charge in [-0.15, -0.1) is 0 Å². The third-order valence-electron chi connectivity index (χ3n) is 6.19. The maximum Gasteiger partial charge on any atom is 0.231 e. The lowest BCUT2D eigenvalue weighted by Gasteiger charge is -2.07. The van der Waals surface area contributed by atoms with E-state index in [2.05, 4.69) is 35.0 Å². The highest BCUT2D eigenvalue weighted by molar-refractivity contribution is 6.15. The number of ether oxygens (including phenoxy) is 2. The number of fused-ring (bicyclic) bond motifs is 2. The maximum atomic E-state index is 13.1. The molecule has 0 spiro atoms. The zero-order valence-corrected chi connectivity index (χ0v) is 19.1. The third kappa shape index (κ3) is 4.22. The van der Waals surface area contributed by atoms with Crippen molar-refractivity contribution in [3.63, 3.8) is 0 Å². The minimum Gasteiger partial charge on any atom is -0.489 e. The van der Waals surface area contributed by atoms with Gasteiger partial charge in [-0.3, -0.25) is 4.79 Å². The first-order valence-corrected chi connectivity index (χ1v) is 11.6. The van der Waals surface area contributed by atoms with Crippen LogP contribution in [0.4, 0.5) is 0 Å². The molecule has 0 aliphatic carbocycles. The highest BCUT2D eigenvalue weighted by atomic mass is 16.5. The molecule has 0 radical (unpaired) electrons. The van der Waals surface area contributed by atoms with Crippen LogP contribution in [0, 0.1) is 0 Å². The SMILES string of the molecule is O=C1/C(=C/c2cn(Cc3ccccc3)c3ccccc23)Oc2cc(OCc3ccccc3)ccc21. The Morgan fingerprint density at radius 1 is 0.800 bits per heavy atom. The van der Waals surface area contributed by atoms with E-state index in [0.29, 0.717) is 29.4 Å². The van der Waals surface area contributed by atoms with E-state index in [1.165, 1.54) is 5.56 Å². The summed E-state index contributed by atoms with van der Waals surface area (Å²) in [5, 5.41) is 1.08. The van der Waals surface area contributed by atoms with Crippen molar-refractivity contribution in [3.8, 4) is 11.5 Å². The summed E-state index contributed by atoms with van der Waals surface area (Å²) in [5.41, 5.74) is 4.92. The molecule has 1 aliphatic rings. The molecule has 4 heteroatoms. The number of nitrogens with zero attached hydrogens (tertiary/aromatic N) is 1. The number of Topliss-reactive ketones (excluding diaryl/α,β-unsaturated/α-hetero) is 1. The number of aromatic nitrogens is 1. The number of ketones is 1. The number of hydrogen-bond donors (Lipinski definition) is 0. The fraction of sp³-hybridized carbons (Fsp3) is 0.0645. The van der Waals surface area contributed by atoms with Gasteiger partial charge < -0.3 is 14.0 Å². The molecule has 35 heavy (non-hydrogen) atoms. The number of carbonyl (C=O) groups is 1. The van der Waals surface area contributed by atoms with Crippen LogP contribution in [-0.2, 0) is 13.2 Å². The van der Waals surface area contributed by atoms with E-state index in [-0.39, 0.29) is 5.78 Å². The molecule has 0 N–H and O–H groups in total. The summed E-state index contributed by atoms with van der Waals surface area (Å²) in [5.74, 6) is 1.40. The molecule has 4 nitrogen and oxygen atoms in total. The Kier molecular flexibility index (Phi) is 5.39. The first-order chi connectivity index (χ1) is 17.2. The van der Waals surface area contributed by atoms with Crippen molar-refractivity contribution in [1.29, 1.82) is 0 Å². The molecule has 0 atom stereocenters. The Balaban J connectivity index is 1.27. The van der Waals surface area contributed by atoms with E-state index in [1.54, 1.807) is 12.1 Å². The topological polar surface area (TPSA) is 40.5 Å². The van der Waals surface area contributed by atoms with E-state index < -0.39 is 0 Å². The van der Waals surface area contributed by atoms with E-state index in [1.807, 2.05) is 72.8 Å². The molecule has 0 amide bonds. The first-order valence-electron chi connectivity index (χ1n) is 11.6. The number of benzene rings is 4. The summed E-state index contributed by atoms with van der Waals surface area (Å²) < 4.78 is 14.1. The van der Waals surface area contributed by atoms with Crippen LogP contribution in [0.15, 0.2) is 115 Å². The van der Waals surface area contributed by atoms with Crippen molar-refractivity contribution in [3.05, 3.63) is 137 Å². The van der Waals surface area contributed by atoms with Crippen LogP contribution in [0.5, 0.6) is 11.5 Å². The largest absolute Gasteiger partial charge is 0.489 e. The van der Waals surface area contributed by atoms with E-state index in [0.717, 1.165) is 28.6 Å². The van der Waals surface area contributed by atoms with E-state index in [9.17, 15) is 4.79 Å². The molecule has 4 aromatic carbocycles. The van der Waals surface area contributed by atoms with Gasteiger partial charge in [-0.1, -0.05) is 78.9 Å². The van der Waals surface area contributed by atoms with Gasteiger partial charge in [-0.2, -0.15) is 0 Å². The minimum atomic E-state index is -0.116. The predicted molar refractivity (Wildman–Crippen MR) is 138 cm³/mol. The predicted octanol–water partition coefficient (Wildman–Crippen LogP) is 6.88. The molecule has 5 aromatic rings. The molecule has 1 aromatic heterocycles. The average Bonchev–Trinajstić information content (AvgIpc) is 3.41. The van der Waals surface area contributed by atoms with Gasteiger partial charge in [0.25, 0.3) is 0 Å². The Labute approximate surface area is 203 Å². The lowest BCUT2D eigenvalue weighted by atomic mass is 10.1. The standard InChI is InChI=1S/C31H23NO3/c33-31-27-16-15-25(34-21-23-11-5-2-6-12-23)18-29(27)35-30(31)17-24-20-32(19-22-9-3-1-4-10-22)28-14-8-7-13-26(24)28/h1-18,20H,19,21H2/b30-17-. The Bertz CT molecular complexity index is 1550. The Hall–Kier alpha value is -4.57. The lowest BCUT2D eigenvalue weighted by Crippen LogP contribution is -1.98. The Morgan fingerprint density at radius 2 is 1.51 bits per heavy atom. The highest BCUT2D eigenvalue weighted by Crippen LogP contribution is 2.36. The second-order valence-electron chi connectivity index (χ2n) is 8.59. The number of allylic oxidation sites excluding steroid dienone is 1. The first kappa shape index (κ1) is 21.0. The fourth-order valence-corrected chi connectivity index (χ4v) is 4.44. The summed E-state index contributed by atoms with van der Waals surface area (Å²) in [7, 11) is 0. The van der Waals surface area contributed by atoms with Crippen molar-refractivity contribution in [2.45, 2.75) is 13.2 Å². The molecule has 0 fully saturated rings. The summed E-state index contributed by atoms with van der Waals surface area (Å²) in [4.78, 5) is 13.1. The van der Waals surface area contributed by atoms with Crippen molar-refractivity contribution in [1.82, 2.24) is 4.57 Å². The molecule has 0 bridgehead atoms. The number of carbonyl (C=O) groups excluding carboxylic acids is 1. The molecule has 0 unspecified atom stereocenters. The van der Waals surface area contributed by atoms with Crippen molar-refractivity contribution >= 4 is 22.8 Å². The van der Waals surface area contributed by atoms with Crippen LogP contribution in [-0.4, -0.2) is 10.4 Å². The van der Waals surface area contributed by atoms with Crippen molar-refractivity contribution < 1.29 is 14.3 Å². The zero-order chi connectivity index (χ0) is 23.6. The number of rotatable bonds is 6. The normalized spacial score (nSPS) is 13.7. The van der Waals surface area contributed by atoms with Gasteiger partial charge in [0.15, 0.2) is 5.76 Å². The van der Waals surface area contributed by atoms with Gasteiger partial charge in [0.05, 0.1) is 5.56 Å². The maximum absolute atomic E-state index is 13.1. The molecular weight excluding hydrogens is 434 g/mol. The Morgan fingerprint density at radius 3 is 2.31 bits per heavy atom. The molecular formula is C31H23NO3. The smallest absolute Gasteiger partial charge is 0.231 e. The minimum absolute atomic E-state index is 0.116. The van der Waals surface area contributed by atoms with Gasteiger partial charge in [-0.05, 0) is 35.4 Å². The molecule has 2 heterocycles. The van der Waals surface area contributed by atoms with Gasteiger partial charge >= 0.3 is 0 Å².